The van der Waals surface area contributed by atoms with Gasteiger partial charge in [-0.25, -0.2) is 4.98 Å². The number of aliphatic hydroxyl groups is 1. The molecule has 1 heterocycles. The lowest BCUT2D eigenvalue weighted by atomic mass is 9.99. The lowest BCUT2D eigenvalue weighted by molar-refractivity contribution is 0.103. The van der Waals surface area contributed by atoms with Gasteiger partial charge in [-0.05, 0) is 35.2 Å². The van der Waals surface area contributed by atoms with Crippen LogP contribution in [-0.4, -0.2) is 39.1 Å². The standard InChI is InChI=1S/C21H20N3O4P/c1-29(27)14-28-12-17-8-16(7-15-5-3-2-4-6-15)9-18(10-17)19(25)11-20(26)21-22-13-23-24-21/h2-6,8-11,13H,7,12,14H2,1H3,(H-,22,23,24,25,26)/p+1. The molecule has 1 unspecified atom stereocenters. The molecule has 7 nitrogen and oxygen atoms in total. The molecule has 1 aromatic heterocycles. The summed E-state index contributed by atoms with van der Waals surface area (Å²) in [6.45, 7) is 1.87. The number of aromatic amines is 1. The number of carbonyl (C=O) groups is 1. The van der Waals surface area contributed by atoms with Crippen molar-refractivity contribution < 1.29 is 19.2 Å². The quantitative estimate of drug-likeness (QED) is 0.238. The van der Waals surface area contributed by atoms with Crippen LogP contribution < -0.4 is 0 Å². The van der Waals surface area contributed by atoms with E-state index in [1.54, 1.807) is 12.7 Å². The number of benzene rings is 2. The van der Waals surface area contributed by atoms with Crippen molar-refractivity contribution in [1.29, 1.82) is 0 Å². The third-order valence-electron chi connectivity index (χ3n) is 4.06. The van der Waals surface area contributed by atoms with Gasteiger partial charge >= 0.3 is 7.80 Å². The van der Waals surface area contributed by atoms with Crippen molar-refractivity contribution in [3.8, 4) is 0 Å². The topological polar surface area (TPSA) is 105 Å². The van der Waals surface area contributed by atoms with Gasteiger partial charge in [-0.1, -0.05) is 41.0 Å². The number of aliphatic hydroxyl groups excluding tert-OH is 1. The van der Waals surface area contributed by atoms with Crippen molar-refractivity contribution in [2.75, 3.05) is 13.0 Å². The first kappa shape index (κ1) is 20.6. The molecule has 0 aliphatic rings. The summed E-state index contributed by atoms with van der Waals surface area (Å²) in [5.41, 5.74) is 3.39. The first-order chi connectivity index (χ1) is 14.0. The molecule has 8 heteroatoms. The lowest BCUT2D eigenvalue weighted by Gasteiger charge is -2.10. The fraction of sp³-hybridized carbons (Fsp3) is 0.190. The van der Waals surface area contributed by atoms with Crippen molar-refractivity contribution in [3.63, 3.8) is 0 Å². The van der Waals surface area contributed by atoms with Crippen LogP contribution in [0.4, 0.5) is 0 Å². The maximum Gasteiger partial charge on any atom is 0.363 e. The SMILES string of the molecule is C[P+](=O)COCc1cc(Cc2ccccc2)cc(C(O)=CC(=O)c2ncn[nH]2)c1. The maximum absolute atomic E-state index is 12.2. The number of ketones is 1. The molecule has 0 spiro atoms. The van der Waals surface area contributed by atoms with E-state index < -0.39 is 13.6 Å². The number of ether oxygens (including phenoxy) is 1. The molecule has 0 bridgehead atoms. The van der Waals surface area contributed by atoms with E-state index in [-0.39, 0.29) is 24.5 Å². The first-order valence-electron chi connectivity index (χ1n) is 8.95. The Morgan fingerprint density at radius 2 is 1.93 bits per heavy atom. The highest BCUT2D eigenvalue weighted by Crippen LogP contribution is 2.21. The van der Waals surface area contributed by atoms with Gasteiger partial charge < -0.3 is 9.84 Å². The van der Waals surface area contributed by atoms with Crippen LogP contribution >= 0.6 is 7.80 Å². The molecule has 2 aromatic carbocycles. The molecule has 0 saturated carbocycles. The Hall–Kier alpha value is -3.15. The molecule has 0 saturated heterocycles. The zero-order valence-corrected chi connectivity index (χ0v) is 16.8. The van der Waals surface area contributed by atoms with E-state index in [0.29, 0.717) is 12.0 Å². The Morgan fingerprint density at radius 3 is 2.62 bits per heavy atom. The fourth-order valence-electron chi connectivity index (χ4n) is 2.82. The predicted molar refractivity (Wildman–Crippen MR) is 110 cm³/mol. The van der Waals surface area contributed by atoms with Gasteiger partial charge in [0.2, 0.25) is 12.1 Å². The van der Waals surface area contributed by atoms with E-state index in [9.17, 15) is 14.5 Å². The number of hydrogen-bond donors (Lipinski definition) is 2. The molecule has 0 radical (unpaired) electrons. The molecule has 29 heavy (non-hydrogen) atoms. The summed E-state index contributed by atoms with van der Waals surface area (Å²) in [6, 6.07) is 15.5. The largest absolute Gasteiger partial charge is 0.507 e. The minimum absolute atomic E-state index is 0.0484. The number of nitrogens with zero attached hydrogens (tertiary/aromatic N) is 2. The summed E-state index contributed by atoms with van der Waals surface area (Å²) < 4.78 is 16.8. The average molecular weight is 410 g/mol. The van der Waals surface area contributed by atoms with E-state index in [4.69, 9.17) is 4.74 Å². The van der Waals surface area contributed by atoms with E-state index in [1.807, 2.05) is 42.5 Å². The second-order valence-corrected chi connectivity index (χ2v) is 8.05. The van der Waals surface area contributed by atoms with Crippen LogP contribution in [0, 0.1) is 0 Å². The monoisotopic (exact) mass is 410 g/mol. The molecular weight excluding hydrogens is 389 g/mol. The van der Waals surface area contributed by atoms with Gasteiger partial charge in [0.1, 0.15) is 18.8 Å². The van der Waals surface area contributed by atoms with Gasteiger partial charge in [0.05, 0.1) is 6.61 Å². The van der Waals surface area contributed by atoms with E-state index in [1.165, 1.54) is 6.33 Å². The van der Waals surface area contributed by atoms with Crippen molar-refractivity contribution in [2.45, 2.75) is 13.0 Å². The van der Waals surface area contributed by atoms with Crippen LogP contribution in [0.1, 0.15) is 32.9 Å². The van der Waals surface area contributed by atoms with Crippen LogP contribution in [0.3, 0.4) is 0 Å². The van der Waals surface area contributed by atoms with E-state index in [0.717, 1.165) is 22.8 Å². The fourth-order valence-corrected chi connectivity index (χ4v) is 3.17. The van der Waals surface area contributed by atoms with E-state index >= 15 is 0 Å². The number of rotatable bonds is 9. The predicted octanol–water partition coefficient (Wildman–Crippen LogP) is 4.11. The molecule has 148 valence electrons. The van der Waals surface area contributed by atoms with Gasteiger partial charge in [-0.3, -0.25) is 9.89 Å². The van der Waals surface area contributed by atoms with Crippen molar-refractivity contribution >= 4 is 19.3 Å². The van der Waals surface area contributed by atoms with Crippen molar-refractivity contribution in [3.05, 3.63) is 89.0 Å². The molecule has 0 fully saturated rings. The molecule has 2 N–H and O–H groups in total. The normalized spacial score (nSPS) is 12.0. The second-order valence-electron chi connectivity index (χ2n) is 6.53. The van der Waals surface area contributed by atoms with E-state index in [2.05, 4.69) is 15.2 Å². The molecule has 1 atom stereocenters. The highest BCUT2D eigenvalue weighted by molar-refractivity contribution is 7.43. The zero-order chi connectivity index (χ0) is 20.6. The van der Waals surface area contributed by atoms with Crippen molar-refractivity contribution in [2.24, 2.45) is 0 Å². The number of H-pyrrole nitrogens is 1. The zero-order valence-electron chi connectivity index (χ0n) is 15.9. The molecule has 3 rings (SSSR count). The Kier molecular flexibility index (Phi) is 7.00. The molecular formula is C21H21N3O4P+. The minimum atomic E-state index is -1.39. The Labute approximate surface area is 169 Å². The number of carbonyl (C=O) groups excluding carboxylic acids is 1. The van der Waals surface area contributed by atoms with Crippen LogP contribution in [0.5, 0.6) is 0 Å². The maximum atomic E-state index is 12.2. The van der Waals surface area contributed by atoms with Gasteiger partial charge in [-0.15, -0.1) is 0 Å². The Morgan fingerprint density at radius 1 is 1.17 bits per heavy atom. The van der Waals surface area contributed by atoms with Gasteiger partial charge in [0.25, 0.3) is 0 Å². The third-order valence-corrected chi connectivity index (χ3v) is 4.60. The number of aromatic nitrogens is 3. The third kappa shape index (κ3) is 6.17. The lowest BCUT2D eigenvalue weighted by Crippen LogP contribution is -2.01. The highest BCUT2D eigenvalue weighted by Gasteiger charge is 2.12. The summed E-state index contributed by atoms with van der Waals surface area (Å²) in [5.74, 6) is -0.606. The number of hydrogen-bond acceptors (Lipinski definition) is 6. The molecule has 0 aliphatic carbocycles. The molecule has 0 aliphatic heterocycles. The highest BCUT2D eigenvalue weighted by atomic mass is 31.1. The summed E-state index contributed by atoms with van der Waals surface area (Å²) in [6.07, 6.45) is 3.16. The number of nitrogens with one attached hydrogen (secondary N) is 1. The smallest absolute Gasteiger partial charge is 0.363 e. The molecule has 3 aromatic rings. The van der Waals surface area contributed by atoms with Gasteiger partial charge in [-0.2, -0.15) is 5.10 Å². The van der Waals surface area contributed by atoms with Crippen LogP contribution in [0.15, 0.2) is 60.9 Å². The minimum Gasteiger partial charge on any atom is -0.507 e. The molecule has 0 amide bonds. The summed E-state index contributed by atoms with van der Waals surface area (Å²) >= 11 is 0. The average Bonchev–Trinajstić information content (AvgIpc) is 3.23. The van der Waals surface area contributed by atoms with Gasteiger partial charge in [0, 0.05) is 11.6 Å². The Balaban J connectivity index is 1.88. The van der Waals surface area contributed by atoms with Crippen molar-refractivity contribution in [1.82, 2.24) is 15.2 Å². The summed E-state index contributed by atoms with van der Waals surface area (Å²) in [4.78, 5) is 16.0. The van der Waals surface area contributed by atoms with Crippen LogP contribution in [0.2, 0.25) is 0 Å². The van der Waals surface area contributed by atoms with Gasteiger partial charge in [0.15, 0.2) is 5.82 Å². The Bertz CT molecular complexity index is 1020. The summed E-state index contributed by atoms with van der Waals surface area (Å²) in [5, 5.41) is 16.6. The second kappa shape index (κ2) is 9.87. The number of allylic oxidation sites excluding steroid dienone is 1. The first-order valence-corrected chi connectivity index (χ1v) is 10.8. The van der Waals surface area contributed by atoms with Crippen LogP contribution in [-0.2, 0) is 22.3 Å². The summed E-state index contributed by atoms with van der Waals surface area (Å²) in [7, 11) is -1.39. The van der Waals surface area contributed by atoms with Crippen LogP contribution in [0.25, 0.3) is 5.76 Å².